The van der Waals surface area contributed by atoms with Crippen LogP contribution >= 0.6 is 15.9 Å². The number of ether oxygens (including phenoxy) is 1. The van der Waals surface area contributed by atoms with Gasteiger partial charge >= 0.3 is 6.01 Å². The maximum atomic E-state index is 13.0. The molecule has 8 heteroatoms. The second-order valence-electron chi connectivity index (χ2n) is 7.78. The van der Waals surface area contributed by atoms with Gasteiger partial charge in [0.25, 0.3) is 5.91 Å². The molecule has 0 radical (unpaired) electrons. The van der Waals surface area contributed by atoms with E-state index in [-0.39, 0.29) is 30.7 Å². The molecule has 0 unspecified atom stereocenters. The third-order valence-corrected chi connectivity index (χ3v) is 6.06. The lowest BCUT2D eigenvalue weighted by Gasteiger charge is -2.32. The maximum absolute atomic E-state index is 13.0. The Kier molecular flexibility index (Phi) is 6.80. The van der Waals surface area contributed by atoms with Crippen LogP contribution in [-0.4, -0.2) is 70.2 Å². The Morgan fingerprint density at radius 2 is 2.13 bits per heavy atom. The van der Waals surface area contributed by atoms with Gasteiger partial charge < -0.3 is 14.7 Å². The summed E-state index contributed by atoms with van der Waals surface area (Å²) in [6.45, 7) is 1.96. The van der Waals surface area contributed by atoms with E-state index < -0.39 is 0 Å². The molecule has 0 saturated carbocycles. The average molecular weight is 485 g/mol. The Morgan fingerprint density at radius 1 is 1.32 bits per heavy atom. The van der Waals surface area contributed by atoms with Crippen LogP contribution in [0.3, 0.4) is 0 Å². The molecular formula is C23H25BrN4O3. The van der Waals surface area contributed by atoms with E-state index in [1.807, 2.05) is 48.5 Å². The lowest BCUT2D eigenvalue weighted by atomic mass is 10.0. The van der Waals surface area contributed by atoms with E-state index in [4.69, 9.17) is 4.74 Å². The normalized spacial score (nSPS) is 17.6. The van der Waals surface area contributed by atoms with Gasteiger partial charge in [-0.05, 0) is 24.1 Å². The van der Waals surface area contributed by atoms with E-state index in [9.17, 15) is 9.90 Å². The molecule has 2 heterocycles. The van der Waals surface area contributed by atoms with Gasteiger partial charge in [0.05, 0.1) is 17.7 Å². The molecule has 1 amide bonds. The fourth-order valence-electron chi connectivity index (χ4n) is 3.80. The second-order valence-corrected chi connectivity index (χ2v) is 8.69. The molecule has 1 N–H and O–H groups in total. The van der Waals surface area contributed by atoms with Crippen LogP contribution in [0.25, 0.3) is 10.9 Å². The van der Waals surface area contributed by atoms with Crippen LogP contribution in [0.15, 0.2) is 59.2 Å². The summed E-state index contributed by atoms with van der Waals surface area (Å²) in [6.07, 6.45) is 2.15. The monoisotopic (exact) mass is 484 g/mol. The first-order valence-electron chi connectivity index (χ1n) is 10.3. The van der Waals surface area contributed by atoms with E-state index in [1.165, 1.54) is 0 Å². The zero-order valence-corrected chi connectivity index (χ0v) is 18.9. The molecule has 1 aromatic heterocycles. The molecule has 1 aliphatic rings. The second kappa shape index (κ2) is 9.72. The van der Waals surface area contributed by atoms with Crippen molar-refractivity contribution in [2.75, 3.05) is 33.3 Å². The number of aliphatic hydroxyl groups is 1. The number of likely N-dealkylation sites (N-methyl/N-ethyl adjacent to an activating group) is 1. The number of fused-ring (bicyclic) bond motifs is 1. The van der Waals surface area contributed by atoms with Gasteiger partial charge in [-0.25, -0.2) is 4.98 Å². The van der Waals surface area contributed by atoms with Crippen molar-refractivity contribution in [3.8, 4) is 6.01 Å². The molecule has 3 aromatic rings. The quantitative estimate of drug-likeness (QED) is 0.555. The number of rotatable bonds is 7. The Labute approximate surface area is 189 Å². The van der Waals surface area contributed by atoms with Gasteiger partial charge in [0.15, 0.2) is 6.61 Å². The fraction of sp³-hybridized carbons (Fsp3) is 0.348. The summed E-state index contributed by atoms with van der Waals surface area (Å²) in [5.74, 6) is -0.161. The number of aromatic nitrogens is 2. The van der Waals surface area contributed by atoms with Crippen LogP contribution in [0, 0.1) is 0 Å². The summed E-state index contributed by atoms with van der Waals surface area (Å²) < 4.78 is 6.54. The van der Waals surface area contributed by atoms with Gasteiger partial charge in [0, 0.05) is 42.7 Å². The highest BCUT2D eigenvalue weighted by Crippen LogP contribution is 2.24. The molecule has 0 bridgehead atoms. The third kappa shape index (κ3) is 5.39. The van der Waals surface area contributed by atoms with E-state index in [2.05, 4.69) is 30.8 Å². The van der Waals surface area contributed by atoms with Crippen molar-refractivity contribution < 1.29 is 14.6 Å². The molecular weight excluding hydrogens is 460 g/mol. The van der Waals surface area contributed by atoms with Crippen molar-refractivity contribution in [3.63, 3.8) is 0 Å². The highest BCUT2D eigenvalue weighted by molar-refractivity contribution is 9.10. The summed E-state index contributed by atoms with van der Waals surface area (Å²) in [4.78, 5) is 25.5. The van der Waals surface area contributed by atoms with E-state index in [0.29, 0.717) is 13.1 Å². The number of amides is 1. The molecule has 2 atom stereocenters. The Bertz CT molecular complexity index is 1050. The minimum absolute atomic E-state index is 0.143. The Balaban J connectivity index is 1.45. The number of hydrogen-bond acceptors (Lipinski definition) is 6. The minimum Gasteiger partial charge on any atom is -0.453 e. The molecule has 2 aromatic carbocycles. The van der Waals surface area contributed by atoms with E-state index in [1.54, 1.807) is 18.1 Å². The third-order valence-electron chi connectivity index (χ3n) is 5.57. The zero-order valence-electron chi connectivity index (χ0n) is 17.3. The lowest BCUT2D eigenvalue weighted by Crippen LogP contribution is -2.41. The van der Waals surface area contributed by atoms with Crippen molar-refractivity contribution >= 4 is 32.7 Å². The SMILES string of the molecule is CN(C(=O)COc1ncc2ccc(Br)cc2n1)[C@H](CN1CC[C@H](O)C1)c1ccccc1. The van der Waals surface area contributed by atoms with Gasteiger partial charge in [0.2, 0.25) is 0 Å². The van der Waals surface area contributed by atoms with Crippen molar-refractivity contribution in [3.05, 3.63) is 64.8 Å². The van der Waals surface area contributed by atoms with E-state index >= 15 is 0 Å². The van der Waals surface area contributed by atoms with Crippen LogP contribution in [0.5, 0.6) is 6.01 Å². The minimum atomic E-state index is -0.300. The molecule has 162 valence electrons. The maximum Gasteiger partial charge on any atom is 0.317 e. The predicted octanol–water partition coefficient (Wildman–Crippen LogP) is 3.04. The summed E-state index contributed by atoms with van der Waals surface area (Å²) in [5.41, 5.74) is 1.79. The number of carbonyl (C=O) groups is 1. The first-order valence-corrected chi connectivity index (χ1v) is 11.0. The van der Waals surface area contributed by atoms with Gasteiger partial charge in [-0.1, -0.05) is 52.3 Å². The van der Waals surface area contributed by atoms with Gasteiger partial charge in [-0.15, -0.1) is 0 Å². The molecule has 0 aliphatic carbocycles. The standard InChI is InChI=1S/C23H25BrN4O3/c1-27(21(16-5-3-2-4-6-16)14-28-10-9-19(29)13-28)22(30)15-31-23-25-12-17-7-8-18(24)11-20(17)26-23/h2-8,11-12,19,21,29H,9-10,13-15H2,1H3/t19-,21+/m0/s1. The lowest BCUT2D eigenvalue weighted by molar-refractivity contribution is -0.134. The zero-order chi connectivity index (χ0) is 21.8. The van der Waals surface area contributed by atoms with Crippen LogP contribution < -0.4 is 4.74 Å². The van der Waals surface area contributed by atoms with Crippen molar-refractivity contribution in [2.24, 2.45) is 0 Å². The van der Waals surface area contributed by atoms with Gasteiger partial charge in [-0.2, -0.15) is 4.98 Å². The van der Waals surface area contributed by atoms with Crippen molar-refractivity contribution in [1.29, 1.82) is 0 Å². The van der Waals surface area contributed by atoms with Crippen LogP contribution in [0.1, 0.15) is 18.0 Å². The number of hydrogen-bond donors (Lipinski definition) is 1. The fourth-order valence-corrected chi connectivity index (χ4v) is 4.15. The smallest absolute Gasteiger partial charge is 0.317 e. The predicted molar refractivity (Wildman–Crippen MR) is 122 cm³/mol. The number of aliphatic hydroxyl groups excluding tert-OH is 1. The first kappa shape index (κ1) is 21.7. The Hall–Kier alpha value is -2.55. The molecule has 31 heavy (non-hydrogen) atoms. The highest BCUT2D eigenvalue weighted by Gasteiger charge is 2.28. The van der Waals surface area contributed by atoms with Crippen LogP contribution in [0.2, 0.25) is 0 Å². The Morgan fingerprint density at radius 3 is 2.87 bits per heavy atom. The number of halogens is 1. The van der Waals surface area contributed by atoms with E-state index in [0.717, 1.165) is 33.9 Å². The summed E-state index contributed by atoms with van der Waals surface area (Å²) >= 11 is 3.43. The molecule has 0 spiro atoms. The molecule has 7 nitrogen and oxygen atoms in total. The topological polar surface area (TPSA) is 78.8 Å². The number of benzene rings is 2. The van der Waals surface area contributed by atoms with Gasteiger partial charge in [0.1, 0.15) is 0 Å². The summed E-state index contributed by atoms with van der Waals surface area (Å²) in [6, 6.07) is 15.7. The van der Waals surface area contributed by atoms with Gasteiger partial charge in [-0.3, -0.25) is 9.69 Å². The largest absolute Gasteiger partial charge is 0.453 e. The first-order chi connectivity index (χ1) is 15.0. The summed E-state index contributed by atoms with van der Waals surface area (Å²) in [7, 11) is 1.79. The molecule has 1 fully saturated rings. The number of β-amino-alcohol motifs (C(OH)–C–C–N with tert-alkyl or cyclic N) is 1. The molecule has 1 saturated heterocycles. The van der Waals surface area contributed by atoms with Crippen molar-refractivity contribution in [2.45, 2.75) is 18.6 Å². The number of likely N-dealkylation sites (tertiary alicyclic amines) is 1. The van der Waals surface area contributed by atoms with Crippen LogP contribution in [-0.2, 0) is 4.79 Å². The highest BCUT2D eigenvalue weighted by atomic mass is 79.9. The summed E-state index contributed by atoms with van der Waals surface area (Å²) in [5, 5.41) is 10.8. The number of carbonyl (C=O) groups excluding carboxylic acids is 1. The molecule has 1 aliphatic heterocycles. The van der Waals surface area contributed by atoms with Crippen molar-refractivity contribution in [1.82, 2.24) is 19.8 Å². The van der Waals surface area contributed by atoms with Crippen LogP contribution in [0.4, 0.5) is 0 Å². The average Bonchev–Trinajstić information content (AvgIpc) is 3.20. The molecule has 4 rings (SSSR count). The number of nitrogens with zero attached hydrogens (tertiary/aromatic N) is 4.